The van der Waals surface area contributed by atoms with Gasteiger partial charge in [-0.15, -0.1) is 0 Å². The number of halogens is 1. The summed E-state index contributed by atoms with van der Waals surface area (Å²) in [5.74, 6) is -2.59. The molecule has 1 saturated heterocycles. The average molecular weight is 587 g/mol. The van der Waals surface area contributed by atoms with E-state index in [1.165, 1.54) is 26.0 Å². The van der Waals surface area contributed by atoms with E-state index in [0.29, 0.717) is 6.20 Å². The van der Waals surface area contributed by atoms with Gasteiger partial charge >= 0.3 is 25.4 Å². The summed E-state index contributed by atoms with van der Waals surface area (Å²) in [6.45, 7) is 5.57. The highest BCUT2D eigenvalue weighted by Crippen LogP contribution is 2.46. The van der Waals surface area contributed by atoms with E-state index in [2.05, 4.69) is 5.09 Å². The summed E-state index contributed by atoms with van der Waals surface area (Å²) in [4.78, 5) is 50.2. The third-order valence-corrected chi connectivity index (χ3v) is 7.13. The molecule has 0 saturated carbocycles. The van der Waals surface area contributed by atoms with Gasteiger partial charge in [-0.1, -0.05) is 18.2 Å². The standard InChI is InChI=1S/C24H32FN4O10P/c1-13(2)36-23(32)15(4)28-40(34,39-16-8-6-5-7-9-16)35-12-19-18(38-22(31)14(3)26)10-20(37-19)29-11-17(25)21(30)27-24(29)33/h5-9,11,13-15,18-20H,10,12,26H2,1-4H3,(H,28,34)(H,27,30,33)/t14-,15-,18-,19+,20+,40-/m0/s1. The van der Waals surface area contributed by atoms with Crippen molar-refractivity contribution >= 4 is 19.7 Å². The van der Waals surface area contributed by atoms with Gasteiger partial charge in [0.15, 0.2) is 0 Å². The number of hydrogen-bond acceptors (Lipinski definition) is 11. The van der Waals surface area contributed by atoms with Crippen molar-refractivity contribution < 1.29 is 41.8 Å². The average Bonchev–Trinajstić information content (AvgIpc) is 3.27. The summed E-state index contributed by atoms with van der Waals surface area (Å²) in [6.07, 6.45) is -3.36. The normalized spacial score (nSPS) is 21.8. The minimum absolute atomic E-state index is 0.156. The molecule has 3 rings (SSSR count). The second kappa shape index (κ2) is 13.3. The van der Waals surface area contributed by atoms with Crippen molar-refractivity contribution in [3.8, 4) is 5.75 Å². The maximum Gasteiger partial charge on any atom is 0.459 e. The molecule has 2 aromatic rings. The molecule has 220 valence electrons. The monoisotopic (exact) mass is 586 g/mol. The number of ether oxygens (including phenoxy) is 3. The number of carbonyl (C=O) groups is 2. The van der Waals surface area contributed by atoms with E-state index >= 15 is 0 Å². The van der Waals surface area contributed by atoms with Crippen molar-refractivity contribution in [2.45, 2.75) is 70.7 Å². The number of esters is 2. The summed E-state index contributed by atoms with van der Waals surface area (Å²) in [5, 5.41) is 2.52. The molecule has 16 heteroatoms. The number of nitrogens with zero attached hydrogens (tertiary/aromatic N) is 1. The fourth-order valence-electron chi connectivity index (χ4n) is 3.58. The zero-order valence-corrected chi connectivity index (χ0v) is 23.2. The predicted octanol–water partition coefficient (Wildman–Crippen LogP) is 1.36. The van der Waals surface area contributed by atoms with Crippen LogP contribution in [0.2, 0.25) is 0 Å². The predicted molar refractivity (Wildman–Crippen MR) is 138 cm³/mol. The Balaban J connectivity index is 1.85. The Labute approximate surface area is 228 Å². The van der Waals surface area contributed by atoms with Crippen LogP contribution < -0.4 is 26.6 Å². The largest absolute Gasteiger partial charge is 0.462 e. The van der Waals surface area contributed by atoms with E-state index in [-0.39, 0.29) is 12.2 Å². The van der Waals surface area contributed by atoms with Crippen LogP contribution in [0.1, 0.15) is 40.3 Å². The maximum atomic E-state index is 13.9. The van der Waals surface area contributed by atoms with Crippen LogP contribution in [0, 0.1) is 5.82 Å². The Morgan fingerprint density at radius 2 is 1.88 bits per heavy atom. The number of benzene rings is 1. The van der Waals surface area contributed by atoms with Gasteiger partial charge in [0.25, 0.3) is 5.56 Å². The van der Waals surface area contributed by atoms with Gasteiger partial charge in [0.2, 0.25) is 5.82 Å². The molecule has 1 aromatic heterocycles. The van der Waals surface area contributed by atoms with Crippen LogP contribution >= 0.6 is 7.75 Å². The molecule has 1 fully saturated rings. The zero-order chi connectivity index (χ0) is 29.6. The number of nitrogens with two attached hydrogens (primary N) is 1. The van der Waals surface area contributed by atoms with Crippen molar-refractivity contribution in [2.75, 3.05) is 6.61 Å². The summed E-state index contributed by atoms with van der Waals surface area (Å²) in [7, 11) is -4.31. The maximum absolute atomic E-state index is 13.9. The van der Waals surface area contributed by atoms with Crippen LogP contribution in [0.15, 0.2) is 46.1 Å². The third kappa shape index (κ3) is 8.32. The van der Waals surface area contributed by atoms with Crippen LogP contribution in [0.5, 0.6) is 5.75 Å². The smallest absolute Gasteiger partial charge is 0.459 e. The van der Waals surface area contributed by atoms with Crippen molar-refractivity contribution in [1.29, 1.82) is 0 Å². The lowest BCUT2D eigenvalue weighted by atomic mass is 10.2. The van der Waals surface area contributed by atoms with Crippen LogP contribution in [-0.2, 0) is 32.9 Å². The van der Waals surface area contributed by atoms with Gasteiger partial charge in [0.05, 0.1) is 18.9 Å². The van der Waals surface area contributed by atoms with Crippen molar-refractivity contribution in [3.05, 3.63) is 63.2 Å². The Hall–Kier alpha value is -3.36. The van der Waals surface area contributed by atoms with E-state index in [1.807, 2.05) is 4.98 Å². The molecule has 0 spiro atoms. The number of aromatic nitrogens is 2. The first-order valence-corrected chi connectivity index (χ1v) is 13.9. The highest BCUT2D eigenvalue weighted by molar-refractivity contribution is 7.52. The number of hydrogen-bond donors (Lipinski definition) is 3. The zero-order valence-electron chi connectivity index (χ0n) is 22.3. The summed E-state index contributed by atoms with van der Waals surface area (Å²) < 4.78 is 56.0. The van der Waals surface area contributed by atoms with Gasteiger partial charge < -0.3 is 24.5 Å². The van der Waals surface area contributed by atoms with E-state index in [4.69, 9.17) is 29.0 Å². The summed E-state index contributed by atoms with van der Waals surface area (Å²) in [6, 6.07) is 5.87. The lowest BCUT2D eigenvalue weighted by Crippen LogP contribution is -2.39. The molecule has 1 aromatic carbocycles. The Kier molecular flexibility index (Phi) is 10.4. The van der Waals surface area contributed by atoms with Gasteiger partial charge in [0, 0.05) is 6.42 Å². The second-order valence-corrected chi connectivity index (χ2v) is 11.0. The van der Waals surface area contributed by atoms with Crippen molar-refractivity contribution in [2.24, 2.45) is 5.73 Å². The van der Waals surface area contributed by atoms with Crippen molar-refractivity contribution in [1.82, 2.24) is 14.6 Å². The second-order valence-electron chi connectivity index (χ2n) is 9.31. The molecule has 0 aliphatic carbocycles. The third-order valence-electron chi connectivity index (χ3n) is 5.49. The molecule has 2 heterocycles. The van der Waals surface area contributed by atoms with Gasteiger partial charge in [-0.05, 0) is 39.8 Å². The first-order valence-electron chi connectivity index (χ1n) is 12.4. The SMILES string of the molecule is CC(C)OC(=O)[C@H](C)N[P@](=O)(OC[C@H]1O[C@@H](n2cc(F)c(=O)[nH]c2=O)C[C@@H]1OC(=O)[C@H](C)N)Oc1ccccc1. The Bertz CT molecular complexity index is 1350. The molecule has 40 heavy (non-hydrogen) atoms. The number of para-hydroxylation sites is 1. The van der Waals surface area contributed by atoms with E-state index in [0.717, 1.165) is 4.57 Å². The molecule has 0 unspecified atom stereocenters. The first kappa shape index (κ1) is 31.2. The topological polar surface area (TPSA) is 190 Å². The van der Waals surface area contributed by atoms with Crippen LogP contribution in [-0.4, -0.2) is 58.5 Å². The minimum atomic E-state index is -4.31. The molecular formula is C24H32FN4O10P. The van der Waals surface area contributed by atoms with Gasteiger partial charge in [-0.3, -0.25) is 28.5 Å². The van der Waals surface area contributed by atoms with Crippen LogP contribution in [0.3, 0.4) is 0 Å². The quantitative estimate of drug-likeness (QED) is 0.239. The highest BCUT2D eigenvalue weighted by atomic mass is 31.2. The molecule has 14 nitrogen and oxygen atoms in total. The van der Waals surface area contributed by atoms with Crippen LogP contribution in [0.25, 0.3) is 0 Å². The number of rotatable bonds is 12. The molecule has 0 radical (unpaired) electrons. The molecule has 6 atom stereocenters. The number of nitrogens with one attached hydrogen (secondary N) is 2. The number of aromatic amines is 1. The lowest BCUT2D eigenvalue weighted by Gasteiger charge is -2.26. The Morgan fingerprint density at radius 1 is 1.20 bits per heavy atom. The molecule has 1 aliphatic heterocycles. The molecule has 4 N–H and O–H groups in total. The van der Waals surface area contributed by atoms with E-state index in [1.54, 1.807) is 32.0 Å². The lowest BCUT2D eigenvalue weighted by molar-refractivity contribution is -0.154. The fraction of sp³-hybridized carbons (Fsp3) is 0.500. The molecular weight excluding hydrogens is 554 g/mol. The molecule has 1 aliphatic rings. The fourth-order valence-corrected chi connectivity index (χ4v) is 5.08. The Morgan fingerprint density at radius 3 is 2.50 bits per heavy atom. The number of carbonyl (C=O) groups excluding carboxylic acids is 2. The van der Waals surface area contributed by atoms with Gasteiger partial charge in [-0.25, -0.2) is 9.36 Å². The summed E-state index contributed by atoms with van der Waals surface area (Å²) >= 11 is 0. The van der Waals surface area contributed by atoms with Gasteiger partial charge in [0.1, 0.15) is 36.3 Å². The van der Waals surface area contributed by atoms with E-state index in [9.17, 15) is 28.1 Å². The molecule has 0 bridgehead atoms. The molecule has 0 amide bonds. The van der Waals surface area contributed by atoms with E-state index < -0.39 is 80.0 Å². The summed E-state index contributed by atoms with van der Waals surface area (Å²) in [5.41, 5.74) is 3.42. The van der Waals surface area contributed by atoms with Crippen LogP contribution in [0.4, 0.5) is 4.39 Å². The number of H-pyrrole nitrogens is 1. The highest BCUT2D eigenvalue weighted by Gasteiger charge is 2.42. The van der Waals surface area contributed by atoms with Crippen molar-refractivity contribution in [3.63, 3.8) is 0 Å². The minimum Gasteiger partial charge on any atom is -0.462 e. The first-order chi connectivity index (χ1) is 18.8. The van der Waals surface area contributed by atoms with Gasteiger partial charge in [-0.2, -0.15) is 9.48 Å².